The molecule has 0 unspecified atom stereocenters. The third-order valence-corrected chi connectivity index (χ3v) is 5.70. The predicted molar refractivity (Wildman–Crippen MR) is 136 cm³/mol. The maximum absolute atomic E-state index is 14.6. The van der Waals surface area contributed by atoms with E-state index in [0.717, 1.165) is 16.8 Å². The molecule has 2 amide bonds. The largest absolute Gasteiger partial charge is 0.476 e. The summed E-state index contributed by atoms with van der Waals surface area (Å²) in [5.41, 5.74) is 10.2. The van der Waals surface area contributed by atoms with Gasteiger partial charge in [0.2, 0.25) is 5.91 Å². The normalized spacial score (nSPS) is 10.7. The summed E-state index contributed by atoms with van der Waals surface area (Å²) in [4.78, 5) is 35.4. The average molecular weight is 619 g/mol. The second-order valence-electron chi connectivity index (χ2n) is 7.54. The standard InChI is InChI=1S/C24H16F2IN5O5/c25-12-8-17(30-15-3-2-13(27)10-14(15)26)21(23(29)34)20(9-12)37-19-7-11(22(28)33)1-4-18(19)32-6-5-16(31-32)24(35)36/h1-10,30H,(H2,28,33)(H2,29,34)(H,35,36). The highest BCUT2D eigenvalue weighted by Crippen LogP contribution is 2.36. The Kier molecular flexibility index (Phi) is 7.06. The lowest BCUT2D eigenvalue weighted by atomic mass is 10.1. The van der Waals surface area contributed by atoms with Crippen molar-refractivity contribution in [1.82, 2.24) is 9.78 Å². The van der Waals surface area contributed by atoms with Crippen molar-refractivity contribution in [3.05, 3.63) is 92.8 Å². The zero-order valence-corrected chi connectivity index (χ0v) is 20.7. The molecule has 0 aliphatic carbocycles. The number of nitrogens with two attached hydrogens (primary N) is 2. The fraction of sp³-hybridized carbons (Fsp3) is 0. The van der Waals surface area contributed by atoms with E-state index in [9.17, 15) is 28.3 Å². The SMILES string of the molecule is NC(=O)c1ccc(-n2ccc(C(=O)O)n2)c(Oc2cc(F)cc(Nc3ccc(I)cc3F)c2C(N)=O)c1. The molecule has 0 bridgehead atoms. The first-order chi connectivity index (χ1) is 17.5. The summed E-state index contributed by atoms with van der Waals surface area (Å²) in [6.45, 7) is 0. The Balaban J connectivity index is 1.84. The van der Waals surface area contributed by atoms with Crippen molar-refractivity contribution >= 4 is 51.7 Å². The number of carbonyl (C=O) groups is 3. The number of hydrogen-bond acceptors (Lipinski definition) is 6. The summed E-state index contributed by atoms with van der Waals surface area (Å²) < 4.78 is 36.7. The highest BCUT2D eigenvalue weighted by atomic mass is 127. The summed E-state index contributed by atoms with van der Waals surface area (Å²) >= 11 is 1.92. The molecule has 188 valence electrons. The molecule has 37 heavy (non-hydrogen) atoms. The molecule has 0 saturated heterocycles. The molecular formula is C24H16F2IN5O5. The predicted octanol–water partition coefficient (Wildman–Crippen LogP) is 4.19. The molecule has 4 rings (SSSR count). The number of carboxylic acids is 1. The molecule has 0 radical (unpaired) electrons. The van der Waals surface area contributed by atoms with Gasteiger partial charge in [0, 0.05) is 21.4 Å². The van der Waals surface area contributed by atoms with Crippen LogP contribution in [0, 0.1) is 15.2 Å². The van der Waals surface area contributed by atoms with Crippen LogP contribution in [0.1, 0.15) is 31.2 Å². The number of halogens is 3. The molecule has 4 aromatic rings. The second-order valence-corrected chi connectivity index (χ2v) is 8.79. The molecule has 0 atom stereocenters. The molecule has 0 spiro atoms. The number of carboxylic acid groups (broad SMARTS) is 1. The summed E-state index contributed by atoms with van der Waals surface area (Å²) in [6.07, 6.45) is 1.32. The summed E-state index contributed by atoms with van der Waals surface area (Å²) in [6, 6.07) is 11.2. The van der Waals surface area contributed by atoms with Gasteiger partial charge in [-0.3, -0.25) is 9.59 Å². The van der Waals surface area contributed by atoms with Gasteiger partial charge >= 0.3 is 5.97 Å². The Morgan fingerprint density at radius 3 is 2.32 bits per heavy atom. The Morgan fingerprint density at radius 2 is 1.70 bits per heavy atom. The van der Waals surface area contributed by atoms with Crippen molar-refractivity contribution in [2.75, 3.05) is 5.32 Å². The van der Waals surface area contributed by atoms with Gasteiger partial charge in [-0.15, -0.1) is 0 Å². The minimum Gasteiger partial charge on any atom is -0.476 e. The Morgan fingerprint density at radius 1 is 0.946 bits per heavy atom. The molecule has 3 aromatic carbocycles. The fourth-order valence-electron chi connectivity index (χ4n) is 3.38. The van der Waals surface area contributed by atoms with E-state index < -0.39 is 29.4 Å². The third-order valence-electron chi connectivity index (χ3n) is 5.03. The lowest BCUT2D eigenvalue weighted by Gasteiger charge is -2.17. The fourth-order valence-corrected chi connectivity index (χ4v) is 3.83. The van der Waals surface area contributed by atoms with Crippen LogP contribution in [0.3, 0.4) is 0 Å². The monoisotopic (exact) mass is 619 g/mol. The Hall–Kier alpha value is -4.53. The molecule has 6 N–H and O–H groups in total. The van der Waals surface area contributed by atoms with Crippen LogP contribution in [0.5, 0.6) is 11.5 Å². The van der Waals surface area contributed by atoms with Crippen molar-refractivity contribution in [1.29, 1.82) is 0 Å². The van der Waals surface area contributed by atoms with Gasteiger partial charge in [-0.1, -0.05) is 0 Å². The van der Waals surface area contributed by atoms with Gasteiger partial charge in [-0.05, 0) is 71.1 Å². The smallest absolute Gasteiger partial charge is 0.356 e. The Bertz CT molecular complexity index is 1570. The molecule has 13 heteroatoms. The number of primary amides is 2. The first-order valence-corrected chi connectivity index (χ1v) is 11.4. The Labute approximate surface area is 221 Å². The number of ether oxygens (including phenoxy) is 1. The minimum absolute atomic E-state index is 0.000648. The van der Waals surface area contributed by atoms with Crippen LogP contribution in [0.2, 0.25) is 0 Å². The average Bonchev–Trinajstić information content (AvgIpc) is 3.31. The number of aromatic carboxylic acids is 1. The number of rotatable bonds is 8. The number of nitrogens with one attached hydrogen (secondary N) is 1. The summed E-state index contributed by atoms with van der Waals surface area (Å²) in [7, 11) is 0. The molecule has 1 heterocycles. The van der Waals surface area contributed by atoms with Gasteiger partial charge in [0.25, 0.3) is 5.91 Å². The van der Waals surface area contributed by atoms with Crippen LogP contribution in [-0.4, -0.2) is 32.7 Å². The first kappa shape index (κ1) is 25.6. The van der Waals surface area contributed by atoms with Crippen molar-refractivity contribution in [3.63, 3.8) is 0 Å². The number of carbonyl (C=O) groups excluding carboxylic acids is 2. The zero-order chi connectivity index (χ0) is 26.9. The van der Waals surface area contributed by atoms with Crippen molar-refractivity contribution < 1.29 is 33.0 Å². The highest BCUT2D eigenvalue weighted by Gasteiger charge is 2.22. The van der Waals surface area contributed by atoms with Gasteiger partial charge in [0.1, 0.15) is 28.6 Å². The van der Waals surface area contributed by atoms with Crippen LogP contribution < -0.4 is 21.5 Å². The molecule has 1 aromatic heterocycles. The van der Waals surface area contributed by atoms with Crippen LogP contribution in [0.15, 0.2) is 60.8 Å². The number of anilines is 2. The molecule has 0 aliphatic rings. The zero-order valence-electron chi connectivity index (χ0n) is 18.5. The van der Waals surface area contributed by atoms with Gasteiger partial charge in [0.15, 0.2) is 11.4 Å². The van der Waals surface area contributed by atoms with Crippen molar-refractivity contribution in [2.24, 2.45) is 11.5 Å². The number of amides is 2. The van der Waals surface area contributed by atoms with E-state index in [1.54, 1.807) is 6.07 Å². The minimum atomic E-state index is -1.28. The maximum atomic E-state index is 14.6. The maximum Gasteiger partial charge on any atom is 0.356 e. The van der Waals surface area contributed by atoms with Gasteiger partial charge < -0.3 is 26.6 Å². The van der Waals surface area contributed by atoms with Crippen molar-refractivity contribution in [3.8, 4) is 17.2 Å². The number of nitrogens with zero attached hydrogens (tertiary/aromatic N) is 2. The molecular weight excluding hydrogens is 603 g/mol. The van der Waals surface area contributed by atoms with Crippen LogP contribution in [-0.2, 0) is 0 Å². The molecule has 0 aliphatic heterocycles. The van der Waals surface area contributed by atoms with E-state index in [4.69, 9.17) is 16.2 Å². The second kappa shape index (κ2) is 10.2. The summed E-state index contributed by atoms with van der Waals surface area (Å²) in [5.74, 6) is -5.12. The molecule has 10 nitrogen and oxygen atoms in total. The highest BCUT2D eigenvalue weighted by molar-refractivity contribution is 14.1. The van der Waals surface area contributed by atoms with E-state index in [1.807, 2.05) is 22.6 Å². The lowest BCUT2D eigenvalue weighted by molar-refractivity contribution is 0.0689. The van der Waals surface area contributed by atoms with Crippen LogP contribution in [0.4, 0.5) is 20.2 Å². The van der Waals surface area contributed by atoms with E-state index in [-0.39, 0.29) is 45.4 Å². The number of hydrogen-bond donors (Lipinski definition) is 4. The van der Waals surface area contributed by atoms with E-state index >= 15 is 0 Å². The molecule has 0 saturated carbocycles. The van der Waals surface area contributed by atoms with Crippen LogP contribution >= 0.6 is 22.6 Å². The van der Waals surface area contributed by atoms with Gasteiger partial charge in [0.05, 0.1) is 11.4 Å². The lowest BCUT2D eigenvalue weighted by Crippen LogP contribution is -2.16. The van der Waals surface area contributed by atoms with Gasteiger partial charge in [-0.2, -0.15) is 5.10 Å². The van der Waals surface area contributed by atoms with E-state index in [2.05, 4.69) is 10.4 Å². The topological polar surface area (TPSA) is 163 Å². The number of benzene rings is 3. The van der Waals surface area contributed by atoms with E-state index in [1.165, 1.54) is 42.6 Å². The van der Waals surface area contributed by atoms with Crippen LogP contribution in [0.25, 0.3) is 5.69 Å². The summed E-state index contributed by atoms with van der Waals surface area (Å²) in [5, 5.41) is 15.8. The van der Waals surface area contributed by atoms with Gasteiger partial charge in [-0.25, -0.2) is 18.3 Å². The number of aromatic nitrogens is 2. The van der Waals surface area contributed by atoms with E-state index in [0.29, 0.717) is 3.57 Å². The quantitative estimate of drug-likeness (QED) is 0.215. The third kappa shape index (κ3) is 5.50. The first-order valence-electron chi connectivity index (χ1n) is 10.3. The van der Waals surface area contributed by atoms with Crippen molar-refractivity contribution in [2.45, 2.75) is 0 Å². The molecule has 0 fully saturated rings.